The lowest BCUT2D eigenvalue weighted by Crippen LogP contribution is -2.09. The Morgan fingerprint density at radius 1 is 0.405 bits per heavy atom. The van der Waals surface area contributed by atoms with E-state index in [1.165, 1.54) is 70.6 Å². The predicted octanol–water partition coefficient (Wildman–Crippen LogP) is 12.9. The van der Waals surface area contributed by atoms with Crippen LogP contribution in [-0.2, 0) is 9.47 Å². The minimum absolute atomic E-state index is 0.437. The van der Waals surface area contributed by atoms with Crippen LogP contribution in [0.25, 0.3) is 0 Å². The number of unbranched alkanes of at least 4 members (excludes halogenated alkanes) is 13. The van der Waals surface area contributed by atoms with Crippen molar-refractivity contribution >= 4 is 6.16 Å². The molecule has 3 nitrogen and oxygen atoms in total. The van der Waals surface area contributed by atoms with E-state index in [4.69, 9.17) is 9.47 Å². The van der Waals surface area contributed by atoms with E-state index in [2.05, 4.69) is 98.9 Å². The molecule has 238 valence electrons. The minimum atomic E-state index is -0.523. The van der Waals surface area contributed by atoms with E-state index in [0.29, 0.717) is 13.2 Å². The maximum absolute atomic E-state index is 11.7. The van der Waals surface area contributed by atoms with Crippen molar-refractivity contribution in [3.8, 4) is 0 Å². The maximum Gasteiger partial charge on any atom is 0.508 e. The Hall–Kier alpha value is -2.55. The van der Waals surface area contributed by atoms with Gasteiger partial charge in [-0.3, -0.25) is 0 Å². The standard InChI is InChI=1S/C39H64O3/c1-3-5-7-9-11-13-15-17-19-21-22-24-26-28-30-32-34-36-38-42-39(40)41-37-35-33-31-29-27-25-23-20-18-16-14-12-10-8-6-4-2/h10-14,16-20,22,24,28,30H,3-9,15,21,23,25-27,29,31-38H2,1-2H3/b12-10?,13-11-,16-14?,19-17-,20-18?,24-22-,30-28-. The van der Waals surface area contributed by atoms with E-state index in [1.54, 1.807) is 0 Å². The minimum Gasteiger partial charge on any atom is -0.434 e. The summed E-state index contributed by atoms with van der Waals surface area (Å²) >= 11 is 0. The number of hydrogen-bond acceptors (Lipinski definition) is 3. The Bertz CT molecular complexity index is 766. The average molecular weight is 581 g/mol. The lowest BCUT2D eigenvalue weighted by molar-refractivity contribution is 0.0530. The van der Waals surface area contributed by atoms with Gasteiger partial charge in [-0.15, -0.1) is 0 Å². The first-order valence-corrected chi connectivity index (χ1v) is 17.2. The van der Waals surface area contributed by atoms with Gasteiger partial charge in [0.2, 0.25) is 0 Å². The molecule has 0 atom stereocenters. The molecule has 3 heteroatoms. The predicted molar refractivity (Wildman–Crippen MR) is 185 cm³/mol. The normalized spacial score (nSPS) is 12.6. The van der Waals surface area contributed by atoms with Gasteiger partial charge in [0.15, 0.2) is 0 Å². The molecule has 0 bridgehead atoms. The fraction of sp³-hybridized carbons (Fsp3) is 0.615. The molecule has 0 aliphatic rings. The summed E-state index contributed by atoms with van der Waals surface area (Å²) in [5.41, 5.74) is 0. The summed E-state index contributed by atoms with van der Waals surface area (Å²) in [4.78, 5) is 11.7. The molecule has 0 unspecified atom stereocenters. The van der Waals surface area contributed by atoms with Crippen molar-refractivity contribution in [2.24, 2.45) is 0 Å². The van der Waals surface area contributed by atoms with E-state index >= 15 is 0 Å². The van der Waals surface area contributed by atoms with E-state index < -0.39 is 6.16 Å². The van der Waals surface area contributed by atoms with E-state index in [-0.39, 0.29) is 0 Å². The molecule has 0 rings (SSSR count). The number of ether oxygens (including phenoxy) is 2. The fourth-order valence-electron chi connectivity index (χ4n) is 4.15. The highest BCUT2D eigenvalue weighted by Gasteiger charge is 2.02. The van der Waals surface area contributed by atoms with Crippen LogP contribution in [0.5, 0.6) is 0 Å². The molecule has 0 aromatic carbocycles. The quantitative estimate of drug-likeness (QED) is 0.0382. The average Bonchev–Trinajstić information content (AvgIpc) is 3.00. The van der Waals surface area contributed by atoms with Gasteiger partial charge in [0, 0.05) is 0 Å². The Morgan fingerprint density at radius 3 is 1.33 bits per heavy atom. The van der Waals surface area contributed by atoms with Crippen LogP contribution in [0.1, 0.15) is 142 Å². The van der Waals surface area contributed by atoms with E-state index in [0.717, 1.165) is 57.8 Å². The second-order valence-corrected chi connectivity index (χ2v) is 10.8. The molecular formula is C39H64O3. The van der Waals surface area contributed by atoms with Crippen molar-refractivity contribution < 1.29 is 14.3 Å². The molecule has 0 aromatic rings. The number of carbonyl (C=O) groups is 1. The summed E-state index contributed by atoms with van der Waals surface area (Å²) in [5, 5.41) is 0. The van der Waals surface area contributed by atoms with Crippen LogP contribution in [0, 0.1) is 0 Å². The van der Waals surface area contributed by atoms with Crippen LogP contribution in [0.15, 0.2) is 85.1 Å². The molecule has 0 fully saturated rings. The third kappa shape index (κ3) is 35.5. The summed E-state index contributed by atoms with van der Waals surface area (Å²) in [7, 11) is 0. The van der Waals surface area contributed by atoms with Crippen molar-refractivity contribution in [1.82, 2.24) is 0 Å². The Kier molecular flexibility index (Phi) is 34.3. The van der Waals surface area contributed by atoms with Crippen LogP contribution in [-0.4, -0.2) is 19.4 Å². The van der Waals surface area contributed by atoms with Gasteiger partial charge in [-0.1, -0.05) is 150 Å². The van der Waals surface area contributed by atoms with Crippen molar-refractivity contribution in [2.75, 3.05) is 13.2 Å². The highest BCUT2D eigenvalue weighted by atomic mass is 16.7. The van der Waals surface area contributed by atoms with Crippen LogP contribution in [0.3, 0.4) is 0 Å². The molecule has 0 radical (unpaired) electrons. The molecule has 0 saturated carbocycles. The molecule has 0 spiro atoms. The molecule has 0 amide bonds. The van der Waals surface area contributed by atoms with Crippen molar-refractivity contribution in [2.45, 2.75) is 142 Å². The van der Waals surface area contributed by atoms with E-state index in [9.17, 15) is 4.79 Å². The van der Waals surface area contributed by atoms with Gasteiger partial charge >= 0.3 is 6.16 Å². The Labute approximate surface area is 260 Å². The van der Waals surface area contributed by atoms with Crippen molar-refractivity contribution in [3.05, 3.63) is 85.1 Å². The Balaban J connectivity index is 3.41. The van der Waals surface area contributed by atoms with E-state index in [1.807, 2.05) is 0 Å². The highest BCUT2D eigenvalue weighted by molar-refractivity contribution is 5.59. The highest BCUT2D eigenvalue weighted by Crippen LogP contribution is 2.08. The zero-order valence-corrected chi connectivity index (χ0v) is 27.4. The van der Waals surface area contributed by atoms with Gasteiger partial charge < -0.3 is 9.47 Å². The monoisotopic (exact) mass is 580 g/mol. The molecule has 0 aliphatic heterocycles. The zero-order chi connectivity index (χ0) is 30.4. The topological polar surface area (TPSA) is 35.5 Å². The molecule has 0 saturated heterocycles. The second kappa shape index (κ2) is 36.5. The summed E-state index contributed by atoms with van der Waals surface area (Å²) < 4.78 is 10.4. The molecule has 0 aromatic heterocycles. The molecule has 0 aliphatic carbocycles. The molecular weight excluding hydrogens is 516 g/mol. The summed E-state index contributed by atoms with van der Waals surface area (Å²) in [6.45, 7) is 5.36. The largest absolute Gasteiger partial charge is 0.508 e. The zero-order valence-electron chi connectivity index (χ0n) is 27.4. The van der Waals surface area contributed by atoms with Gasteiger partial charge in [-0.25, -0.2) is 4.79 Å². The lowest BCUT2D eigenvalue weighted by Gasteiger charge is -2.06. The van der Waals surface area contributed by atoms with Crippen molar-refractivity contribution in [3.63, 3.8) is 0 Å². The number of hydrogen-bond donors (Lipinski definition) is 0. The van der Waals surface area contributed by atoms with Gasteiger partial charge in [0.05, 0.1) is 13.2 Å². The first-order chi connectivity index (χ1) is 20.8. The van der Waals surface area contributed by atoms with Gasteiger partial charge in [-0.2, -0.15) is 0 Å². The van der Waals surface area contributed by atoms with Gasteiger partial charge in [0.1, 0.15) is 0 Å². The van der Waals surface area contributed by atoms with Crippen LogP contribution in [0.2, 0.25) is 0 Å². The second-order valence-electron chi connectivity index (χ2n) is 10.8. The lowest BCUT2D eigenvalue weighted by atomic mass is 10.1. The van der Waals surface area contributed by atoms with Crippen LogP contribution in [0.4, 0.5) is 4.79 Å². The summed E-state index contributed by atoms with van der Waals surface area (Å²) in [5.74, 6) is 0. The fourth-order valence-corrected chi connectivity index (χ4v) is 4.15. The number of carbonyl (C=O) groups excluding carboxylic acids is 1. The van der Waals surface area contributed by atoms with Crippen LogP contribution < -0.4 is 0 Å². The first-order valence-electron chi connectivity index (χ1n) is 17.2. The third-order valence-corrected chi connectivity index (χ3v) is 6.76. The summed E-state index contributed by atoms with van der Waals surface area (Å²) in [6.07, 6.45) is 53.2. The third-order valence-electron chi connectivity index (χ3n) is 6.76. The molecule has 42 heavy (non-hydrogen) atoms. The van der Waals surface area contributed by atoms with Gasteiger partial charge in [-0.05, 0) is 77.0 Å². The van der Waals surface area contributed by atoms with Gasteiger partial charge in [0.25, 0.3) is 0 Å². The number of allylic oxidation sites excluding steroid dienone is 14. The summed E-state index contributed by atoms with van der Waals surface area (Å²) in [6, 6.07) is 0. The molecule has 0 N–H and O–H groups in total. The van der Waals surface area contributed by atoms with Crippen LogP contribution >= 0.6 is 0 Å². The van der Waals surface area contributed by atoms with Crippen molar-refractivity contribution in [1.29, 1.82) is 0 Å². The SMILES string of the molecule is CCCCC=CC=CC=CCCCCCCCCOC(=O)OCCCC/C=C\C/C=C\C/C=C\C/C=C\CCCCC. The smallest absolute Gasteiger partial charge is 0.434 e. The maximum atomic E-state index is 11.7. The molecule has 0 heterocycles. The Morgan fingerprint density at radius 2 is 0.786 bits per heavy atom. The first kappa shape index (κ1) is 39.5. The number of rotatable bonds is 29.